The van der Waals surface area contributed by atoms with Crippen LogP contribution in [0.5, 0.6) is 5.75 Å². The van der Waals surface area contributed by atoms with E-state index in [2.05, 4.69) is 5.32 Å². The topological polar surface area (TPSA) is 92.7 Å². The van der Waals surface area contributed by atoms with Gasteiger partial charge in [-0.2, -0.15) is 0 Å². The minimum Gasteiger partial charge on any atom is -0.481 e. The van der Waals surface area contributed by atoms with Crippen molar-refractivity contribution < 1.29 is 24.2 Å². The molecule has 1 aromatic rings. The number of carbonyl (C=O) groups excluding carboxylic acids is 2. The van der Waals surface area contributed by atoms with Crippen LogP contribution in [-0.2, 0) is 9.59 Å². The summed E-state index contributed by atoms with van der Waals surface area (Å²) in [4.78, 5) is 34.0. The Bertz CT molecular complexity index is 593. The van der Waals surface area contributed by atoms with Crippen molar-refractivity contribution in [2.75, 3.05) is 5.32 Å². The smallest absolute Gasteiger partial charge is 0.303 e. The van der Waals surface area contributed by atoms with Crippen molar-refractivity contribution in [3.8, 4) is 5.75 Å². The highest BCUT2D eigenvalue weighted by Crippen LogP contribution is 2.33. The van der Waals surface area contributed by atoms with E-state index < -0.39 is 12.1 Å². The van der Waals surface area contributed by atoms with Crippen molar-refractivity contribution in [1.29, 1.82) is 0 Å². The van der Waals surface area contributed by atoms with Gasteiger partial charge >= 0.3 is 5.97 Å². The van der Waals surface area contributed by atoms with Crippen LogP contribution in [-0.4, -0.2) is 28.9 Å². The van der Waals surface area contributed by atoms with Crippen molar-refractivity contribution in [1.82, 2.24) is 0 Å². The fraction of sp³-hybridized carbons (Fsp3) is 0.357. The van der Waals surface area contributed by atoms with Crippen LogP contribution in [0.1, 0.15) is 35.7 Å². The quantitative estimate of drug-likeness (QED) is 0.818. The van der Waals surface area contributed by atoms with Gasteiger partial charge in [0.25, 0.3) is 5.91 Å². The Morgan fingerprint density at radius 1 is 1.35 bits per heavy atom. The van der Waals surface area contributed by atoms with Gasteiger partial charge in [0.2, 0.25) is 0 Å². The molecule has 2 N–H and O–H groups in total. The number of rotatable bonds is 4. The van der Waals surface area contributed by atoms with E-state index in [9.17, 15) is 14.4 Å². The van der Waals surface area contributed by atoms with Gasteiger partial charge < -0.3 is 15.2 Å². The molecule has 0 saturated heterocycles. The van der Waals surface area contributed by atoms with Crippen LogP contribution in [0, 0.1) is 6.92 Å². The van der Waals surface area contributed by atoms with E-state index in [0.717, 1.165) is 0 Å². The number of fused-ring (bicyclic) bond motifs is 1. The molecule has 1 aliphatic heterocycles. The number of nitrogens with one attached hydrogen (secondary N) is 1. The number of ether oxygens (including phenoxy) is 1. The number of Topliss-reactive ketones (excluding diaryl/α,β-unsaturated/α-hetero) is 1. The molecule has 1 amide bonds. The Morgan fingerprint density at radius 3 is 2.70 bits per heavy atom. The van der Waals surface area contributed by atoms with Gasteiger partial charge in [-0.1, -0.05) is 0 Å². The Hall–Kier alpha value is -2.37. The van der Waals surface area contributed by atoms with Crippen LogP contribution in [0.4, 0.5) is 5.69 Å². The van der Waals surface area contributed by atoms with E-state index >= 15 is 0 Å². The van der Waals surface area contributed by atoms with Crippen LogP contribution in [0.15, 0.2) is 12.1 Å². The first-order valence-electron chi connectivity index (χ1n) is 6.25. The molecule has 0 bridgehead atoms. The van der Waals surface area contributed by atoms with Gasteiger partial charge in [-0.3, -0.25) is 14.4 Å². The van der Waals surface area contributed by atoms with Gasteiger partial charge in [-0.05, 0) is 31.5 Å². The van der Waals surface area contributed by atoms with Crippen LogP contribution in [0.3, 0.4) is 0 Å². The summed E-state index contributed by atoms with van der Waals surface area (Å²) in [5.41, 5.74) is 1.54. The lowest BCUT2D eigenvalue weighted by molar-refractivity contribution is -0.137. The van der Waals surface area contributed by atoms with Gasteiger partial charge in [0.05, 0.1) is 12.1 Å². The lowest BCUT2D eigenvalue weighted by Gasteiger charge is -2.24. The SMILES string of the molecule is Cc1cc2c(cc1C(=O)CCC(=O)O)NC(=O)C(C)O2. The van der Waals surface area contributed by atoms with E-state index in [1.807, 2.05) is 0 Å². The predicted molar refractivity (Wildman–Crippen MR) is 71.1 cm³/mol. The number of carbonyl (C=O) groups is 3. The van der Waals surface area contributed by atoms with Gasteiger partial charge in [-0.15, -0.1) is 0 Å². The molecule has 2 rings (SSSR count). The maximum absolute atomic E-state index is 12.0. The number of anilines is 1. The Morgan fingerprint density at radius 2 is 2.05 bits per heavy atom. The molecule has 20 heavy (non-hydrogen) atoms. The molecule has 0 fully saturated rings. The van der Waals surface area contributed by atoms with Crippen LogP contribution >= 0.6 is 0 Å². The molecule has 1 aliphatic rings. The average molecular weight is 277 g/mol. The van der Waals surface area contributed by atoms with E-state index in [0.29, 0.717) is 22.6 Å². The molecule has 0 aliphatic carbocycles. The lowest BCUT2D eigenvalue weighted by Crippen LogP contribution is -2.34. The van der Waals surface area contributed by atoms with Crippen molar-refractivity contribution in [3.05, 3.63) is 23.3 Å². The summed E-state index contributed by atoms with van der Waals surface area (Å²) in [5.74, 6) is -1.03. The minimum atomic E-state index is -1.01. The Labute approximate surface area is 115 Å². The number of carboxylic acids is 1. The number of amides is 1. The van der Waals surface area contributed by atoms with Crippen LogP contribution in [0.25, 0.3) is 0 Å². The highest BCUT2D eigenvalue weighted by atomic mass is 16.5. The molecule has 0 saturated carbocycles. The van der Waals surface area contributed by atoms with Gasteiger partial charge in [0, 0.05) is 12.0 Å². The number of benzene rings is 1. The van der Waals surface area contributed by atoms with E-state index in [4.69, 9.17) is 9.84 Å². The zero-order valence-corrected chi connectivity index (χ0v) is 11.2. The molecule has 1 aromatic carbocycles. The summed E-state index contributed by atoms with van der Waals surface area (Å²) in [6.07, 6.45) is -0.856. The molecule has 6 nitrogen and oxygen atoms in total. The number of hydrogen-bond acceptors (Lipinski definition) is 4. The summed E-state index contributed by atoms with van der Waals surface area (Å²) in [5, 5.41) is 11.3. The molecular weight excluding hydrogens is 262 g/mol. The third kappa shape index (κ3) is 2.79. The van der Waals surface area contributed by atoms with E-state index in [1.165, 1.54) is 0 Å². The fourth-order valence-electron chi connectivity index (χ4n) is 2.01. The zero-order valence-electron chi connectivity index (χ0n) is 11.2. The predicted octanol–water partition coefficient (Wildman–Crippen LogP) is 1.76. The third-order valence-corrected chi connectivity index (χ3v) is 3.12. The molecule has 0 aromatic heterocycles. The molecule has 1 unspecified atom stereocenters. The summed E-state index contributed by atoms with van der Waals surface area (Å²) in [6, 6.07) is 3.22. The van der Waals surface area contributed by atoms with Crippen LogP contribution in [0.2, 0.25) is 0 Å². The van der Waals surface area contributed by atoms with Gasteiger partial charge in [0.15, 0.2) is 11.9 Å². The average Bonchev–Trinajstić information content (AvgIpc) is 2.37. The number of aryl methyl sites for hydroxylation is 1. The largest absolute Gasteiger partial charge is 0.481 e. The van der Waals surface area contributed by atoms with Crippen molar-refractivity contribution >= 4 is 23.3 Å². The second-order valence-electron chi connectivity index (χ2n) is 4.73. The molecule has 0 spiro atoms. The highest BCUT2D eigenvalue weighted by molar-refractivity contribution is 6.03. The first-order chi connectivity index (χ1) is 9.38. The number of aliphatic carboxylic acids is 1. The minimum absolute atomic E-state index is 0.0693. The molecule has 106 valence electrons. The number of hydrogen-bond donors (Lipinski definition) is 2. The maximum atomic E-state index is 12.0. The molecule has 1 atom stereocenters. The standard InChI is InChI=1S/C14H15NO5/c1-7-5-12-10(15-14(19)8(2)20-12)6-9(7)11(16)3-4-13(17)18/h5-6,8H,3-4H2,1-2H3,(H,15,19)(H,17,18). The second kappa shape index (κ2) is 5.32. The first kappa shape index (κ1) is 14.0. The molecular formula is C14H15NO5. The second-order valence-corrected chi connectivity index (χ2v) is 4.73. The first-order valence-corrected chi connectivity index (χ1v) is 6.25. The van der Waals surface area contributed by atoms with Crippen molar-refractivity contribution in [2.24, 2.45) is 0 Å². The zero-order chi connectivity index (χ0) is 14.9. The summed E-state index contributed by atoms with van der Waals surface area (Å²) in [7, 11) is 0. The Balaban J connectivity index is 2.28. The van der Waals surface area contributed by atoms with E-state index in [-0.39, 0.29) is 24.5 Å². The Kier molecular flexibility index (Phi) is 3.74. The summed E-state index contributed by atoms with van der Waals surface area (Å²) >= 11 is 0. The van der Waals surface area contributed by atoms with Crippen LogP contribution < -0.4 is 10.1 Å². The van der Waals surface area contributed by atoms with Gasteiger partial charge in [-0.25, -0.2) is 0 Å². The number of ketones is 1. The number of carboxylic acid groups (broad SMARTS) is 1. The third-order valence-electron chi connectivity index (χ3n) is 3.12. The maximum Gasteiger partial charge on any atom is 0.303 e. The van der Waals surface area contributed by atoms with Crippen molar-refractivity contribution in [2.45, 2.75) is 32.8 Å². The normalized spacial score (nSPS) is 16.9. The summed E-state index contributed by atoms with van der Waals surface area (Å²) < 4.78 is 5.44. The lowest BCUT2D eigenvalue weighted by atomic mass is 9.99. The highest BCUT2D eigenvalue weighted by Gasteiger charge is 2.25. The van der Waals surface area contributed by atoms with Crippen molar-refractivity contribution in [3.63, 3.8) is 0 Å². The monoisotopic (exact) mass is 277 g/mol. The fourth-order valence-corrected chi connectivity index (χ4v) is 2.01. The summed E-state index contributed by atoms with van der Waals surface area (Å²) in [6.45, 7) is 3.39. The molecule has 1 heterocycles. The van der Waals surface area contributed by atoms with E-state index in [1.54, 1.807) is 26.0 Å². The molecule has 6 heteroatoms. The molecule has 0 radical (unpaired) electrons. The van der Waals surface area contributed by atoms with Gasteiger partial charge in [0.1, 0.15) is 5.75 Å².